The standard InChI is InChI=1S/C32H31N5O8/c1-40-25-15-19-20(16-26(25)41-2)33-32(35-29(19)34-30(38)27-17-42-21-7-3-5-9-23(21)44-27)37-13-11-36(12-14-37)31(39)28-18-43-22-8-4-6-10-24(22)45-28/h3-10,15-16,27-28H,11-14,17-18H2,1-2H3,(H,33,34,35,38). The van der Waals surface area contributed by atoms with Crippen LogP contribution in [-0.4, -0.2) is 92.5 Å². The van der Waals surface area contributed by atoms with Gasteiger partial charge < -0.3 is 43.5 Å². The normalized spacial score (nSPS) is 18.7. The third kappa shape index (κ3) is 5.52. The van der Waals surface area contributed by atoms with E-state index in [-0.39, 0.29) is 24.9 Å². The smallest absolute Gasteiger partial charge is 0.270 e. The van der Waals surface area contributed by atoms with E-state index in [0.29, 0.717) is 77.5 Å². The Morgan fingerprint density at radius 1 is 0.778 bits per heavy atom. The molecule has 2 amide bonds. The Balaban J connectivity index is 1.11. The first-order chi connectivity index (χ1) is 22.0. The zero-order valence-electron chi connectivity index (χ0n) is 24.7. The molecule has 1 fully saturated rings. The van der Waals surface area contributed by atoms with Crippen molar-refractivity contribution < 1.29 is 38.0 Å². The van der Waals surface area contributed by atoms with Gasteiger partial charge in [0.1, 0.15) is 19.0 Å². The maximum atomic E-state index is 13.4. The molecule has 45 heavy (non-hydrogen) atoms. The average molecular weight is 614 g/mol. The van der Waals surface area contributed by atoms with E-state index in [1.807, 2.05) is 35.2 Å². The van der Waals surface area contributed by atoms with Crippen LogP contribution in [0.25, 0.3) is 10.9 Å². The summed E-state index contributed by atoms with van der Waals surface area (Å²) >= 11 is 0. The lowest BCUT2D eigenvalue weighted by atomic mass is 10.2. The maximum absolute atomic E-state index is 13.4. The zero-order valence-corrected chi connectivity index (χ0v) is 24.7. The quantitative estimate of drug-likeness (QED) is 0.344. The Morgan fingerprint density at radius 3 is 2.00 bits per heavy atom. The summed E-state index contributed by atoms with van der Waals surface area (Å²) in [4.78, 5) is 40.0. The molecule has 0 radical (unpaired) electrons. The van der Waals surface area contributed by atoms with Gasteiger partial charge in [0.25, 0.3) is 11.8 Å². The van der Waals surface area contributed by atoms with Gasteiger partial charge in [-0.15, -0.1) is 0 Å². The summed E-state index contributed by atoms with van der Waals surface area (Å²) < 4.78 is 34.4. The number of piperazine rings is 1. The minimum atomic E-state index is -0.888. The van der Waals surface area contributed by atoms with Crippen molar-refractivity contribution in [1.29, 1.82) is 0 Å². The number of nitrogens with zero attached hydrogens (tertiary/aromatic N) is 4. The lowest BCUT2D eigenvalue weighted by Gasteiger charge is -2.37. The highest BCUT2D eigenvalue weighted by atomic mass is 16.6. The monoisotopic (exact) mass is 613 g/mol. The molecule has 0 spiro atoms. The average Bonchev–Trinajstić information content (AvgIpc) is 3.10. The van der Waals surface area contributed by atoms with E-state index in [9.17, 15) is 9.59 Å². The molecule has 13 heteroatoms. The van der Waals surface area contributed by atoms with Crippen LogP contribution in [-0.2, 0) is 9.59 Å². The van der Waals surface area contributed by atoms with Crippen LogP contribution < -0.4 is 38.6 Å². The van der Waals surface area contributed by atoms with Crippen LogP contribution in [0.15, 0.2) is 60.7 Å². The van der Waals surface area contributed by atoms with Crippen LogP contribution in [0.4, 0.5) is 11.8 Å². The van der Waals surface area contributed by atoms with Crippen LogP contribution in [0.2, 0.25) is 0 Å². The first kappa shape index (κ1) is 28.3. The Morgan fingerprint density at radius 2 is 1.36 bits per heavy atom. The number of fused-ring (bicyclic) bond motifs is 3. The van der Waals surface area contributed by atoms with Crippen molar-refractivity contribution in [2.45, 2.75) is 12.2 Å². The minimum absolute atomic E-state index is 0.0488. The second-order valence-electron chi connectivity index (χ2n) is 10.6. The van der Waals surface area contributed by atoms with E-state index in [4.69, 9.17) is 38.4 Å². The number of hydrogen-bond acceptors (Lipinski definition) is 11. The molecular weight excluding hydrogens is 582 g/mol. The number of methoxy groups -OCH3 is 2. The molecule has 7 rings (SSSR count). The van der Waals surface area contributed by atoms with Crippen molar-refractivity contribution >= 4 is 34.5 Å². The van der Waals surface area contributed by atoms with Crippen molar-refractivity contribution in [3.63, 3.8) is 0 Å². The molecule has 0 bridgehead atoms. The number of aromatic nitrogens is 2. The summed E-state index contributed by atoms with van der Waals surface area (Å²) in [6.45, 7) is 2.01. The molecule has 1 N–H and O–H groups in total. The molecule has 0 aliphatic carbocycles. The summed E-state index contributed by atoms with van der Waals surface area (Å²) in [5, 5.41) is 3.48. The lowest BCUT2D eigenvalue weighted by Crippen LogP contribution is -2.54. The van der Waals surface area contributed by atoms with Gasteiger partial charge >= 0.3 is 0 Å². The number of nitrogens with one attached hydrogen (secondary N) is 1. The Hall–Kier alpha value is -5.46. The fraction of sp³-hybridized carbons (Fsp3) is 0.312. The van der Waals surface area contributed by atoms with Gasteiger partial charge in [0.05, 0.1) is 19.7 Å². The Bertz CT molecular complexity index is 1760. The summed E-state index contributed by atoms with van der Waals surface area (Å²) in [5.74, 6) is 3.34. The van der Waals surface area contributed by atoms with E-state index in [0.717, 1.165) is 0 Å². The molecule has 3 aromatic carbocycles. The van der Waals surface area contributed by atoms with E-state index in [1.54, 1.807) is 42.3 Å². The second-order valence-corrected chi connectivity index (χ2v) is 10.6. The van der Waals surface area contributed by atoms with Crippen LogP contribution in [0, 0.1) is 0 Å². The number of amides is 2. The van der Waals surface area contributed by atoms with Crippen LogP contribution in [0.1, 0.15) is 0 Å². The third-order valence-corrected chi connectivity index (χ3v) is 7.89. The van der Waals surface area contributed by atoms with Gasteiger partial charge in [-0.05, 0) is 30.3 Å². The fourth-order valence-corrected chi connectivity index (χ4v) is 5.50. The summed E-state index contributed by atoms with van der Waals surface area (Å²) in [7, 11) is 3.08. The first-order valence-corrected chi connectivity index (χ1v) is 14.6. The van der Waals surface area contributed by atoms with Gasteiger partial charge in [0.2, 0.25) is 18.2 Å². The second kappa shape index (κ2) is 11.9. The molecular formula is C32H31N5O8. The van der Waals surface area contributed by atoms with Crippen LogP contribution in [0.5, 0.6) is 34.5 Å². The predicted molar refractivity (Wildman–Crippen MR) is 163 cm³/mol. The number of rotatable bonds is 6. The number of carbonyl (C=O) groups excluding carboxylic acids is 2. The van der Waals surface area contributed by atoms with E-state index < -0.39 is 18.1 Å². The molecule has 3 aliphatic heterocycles. The Labute approximate surface area is 258 Å². The number of anilines is 2. The van der Waals surface area contributed by atoms with Crippen molar-refractivity contribution in [1.82, 2.24) is 14.9 Å². The van der Waals surface area contributed by atoms with E-state index >= 15 is 0 Å². The zero-order chi connectivity index (χ0) is 30.9. The maximum Gasteiger partial charge on any atom is 0.270 e. The number of para-hydroxylation sites is 4. The molecule has 2 unspecified atom stereocenters. The molecule has 4 heterocycles. The lowest BCUT2D eigenvalue weighted by molar-refractivity contribution is -0.141. The van der Waals surface area contributed by atoms with E-state index in [1.165, 1.54) is 7.11 Å². The van der Waals surface area contributed by atoms with Crippen molar-refractivity contribution in [3.05, 3.63) is 60.7 Å². The number of benzene rings is 3. The molecule has 3 aliphatic rings. The topological polar surface area (TPSA) is 134 Å². The fourth-order valence-electron chi connectivity index (χ4n) is 5.50. The van der Waals surface area contributed by atoms with Gasteiger partial charge in [-0.1, -0.05) is 24.3 Å². The van der Waals surface area contributed by atoms with Crippen LogP contribution in [0.3, 0.4) is 0 Å². The van der Waals surface area contributed by atoms with Crippen molar-refractivity contribution in [2.75, 3.05) is 63.8 Å². The van der Waals surface area contributed by atoms with Gasteiger partial charge in [-0.25, -0.2) is 4.98 Å². The molecule has 2 atom stereocenters. The molecule has 13 nitrogen and oxygen atoms in total. The predicted octanol–water partition coefficient (Wildman–Crippen LogP) is 2.91. The highest BCUT2D eigenvalue weighted by Crippen LogP contribution is 2.36. The van der Waals surface area contributed by atoms with Crippen molar-refractivity contribution in [3.8, 4) is 34.5 Å². The van der Waals surface area contributed by atoms with Crippen LogP contribution >= 0.6 is 0 Å². The van der Waals surface area contributed by atoms with Gasteiger partial charge in [0, 0.05) is 37.6 Å². The molecule has 1 aromatic heterocycles. The highest BCUT2D eigenvalue weighted by molar-refractivity contribution is 6.02. The Kier molecular flexibility index (Phi) is 7.49. The van der Waals surface area contributed by atoms with Gasteiger partial charge in [-0.3, -0.25) is 9.59 Å². The largest absolute Gasteiger partial charge is 0.493 e. The molecule has 1 saturated heterocycles. The first-order valence-electron chi connectivity index (χ1n) is 14.6. The van der Waals surface area contributed by atoms with Crippen molar-refractivity contribution in [2.24, 2.45) is 0 Å². The summed E-state index contributed by atoms with van der Waals surface area (Å²) in [6.07, 6.45) is -1.61. The molecule has 4 aromatic rings. The number of carbonyl (C=O) groups is 2. The SMILES string of the molecule is COc1cc2nc(N3CCN(C(=O)C4COc5ccccc5O4)CC3)nc(NC(=O)C3COc4ccccc4O3)c2cc1OC. The van der Waals surface area contributed by atoms with Gasteiger partial charge in [0.15, 0.2) is 34.5 Å². The van der Waals surface area contributed by atoms with Gasteiger partial charge in [-0.2, -0.15) is 4.98 Å². The number of hydrogen-bond donors (Lipinski definition) is 1. The summed E-state index contributed by atoms with van der Waals surface area (Å²) in [5.41, 5.74) is 0.545. The third-order valence-electron chi connectivity index (χ3n) is 7.89. The minimum Gasteiger partial charge on any atom is -0.493 e. The van der Waals surface area contributed by atoms with E-state index in [2.05, 4.69) is 5.32 Å². The molecule has 0 saturated carbocycles. The number of ether oxygens (including phenoxy) is 6. The summed E-state index contributed by atoms with van der Waals surface area (Å²) in [6, 6.07) is 18.0. The molecule has 232 valence electrons. The highest BCUT2D eigenvalue weighted by Gasteiger charge is 2.34.